The fraction of sp³-hybridized carbons (Fsp3) is 0.250. The molecule has 4 nitrogen and oxygen atoms in total. The lowest BCUT2D eigenvalue weighted by atomic mass is 10.1. The van der Waals surface area contributed by atoms with Crippen molar-refractivity contribution in [3.63, 3.8) is 0 Å². The van der Waals surface area contributed by atoms with Crippen molar-refractivity contribution in [3.8, 4) is 11.4 Å². The van der Waals surface area contributed by atoms with Crippen molar-refractivity contribution in [1.29, 1.82) is 0 Å². The molecule has 0 saturated carbocycles. The largest absolute Gasteiger partial charge is 0.330 e. The topological polar surface area (TPSA) is 56.7 Å². The number of nitrogens with zero attached hydrogens (tertiary/aromatic N) is 3. The highest BCUT2D eigenvalue weighted by molar-refractivity contribution is 5.79. The molecule has 2 N–H and O–H groups in total. The average Bonchev–Trinajstić information content (AvgIpc) is 2.87. The number of aryl methyl sites for hydroxylation is 1. The summed E-state index contributed by atoms with van der Waals surface area (Å²) in [6.07, 6.45) is 4.53. The third-order valence-corrected chi connectivity index (χ3v) is 3.51. The third-order valence-electron chi connectivity index (χ3n) is 3.51. The monoisotopic (exact) mass is 266 g/mol. The number of pyridine rings is 1. The molecule has 0 spiro atoms. The minimum atomic E-state index is 0.679. The maximum atomic E-state index is 5.58. The second-order valence-corrected chi connectivity index (χ2v) is 4.78. The van der Waals surface area contributed by atoms with Crippen LogP contribution in [0.5, 0.6) is 0 Å². The van der Waals surface area contributed by atoms with Gasteiger partial charge >= 0.3 is 0 Å². The van der Waals surface area contributed by atoms with Gasteiger partial charge in [0, 0.05) is 18.3 Å². The number of aromatic nitrogens is 3. The number of nitrogens with two attached hydrogens (primary N) is 1. The van der Waals surface area contributed by atoms with Crippen molar-refractivity contribution in [2.45, 2.75) is 19.9 Å². The third kappa shape index (κ3) is 2.18. The minimum Gasteiger partial charge on any atom is -0.330 e. The maximum absolute atomic E-state index is 5.58. The van der Waals surface area contributed by atoms with Gasteiger partial charge in [-0.25, -0.2) is 4.98 Å². The van der Waals surface area contributed by atoms with E-state index < -0.39 is 0 Å². The van der Waals surface area contributed by atoms with Crippen LogP contribution in [0.2, 0.25) is 0 Å². The van der Waals surface area contributed by atoms with E-state index in [0.29, 0.717) is 6.54 Å². The lowest BCUT2D eigenvalue weighted by Gasteiger charge is -2.07. The zero-order valence-corrected chi connectivity index (χ0v) is 11.6. The molecule has 0 unspecified atom stereocenters. The Bertz CT molecular complexity index is 713. The predicted octanol–water partition coefficient (Wildman–Crippen LogP) is 2.62. The van der Waals surface area contributed by atoms with Gasteiger partial charge in [0.1, 0.15) is 11.3 Å². The van der Waals surface area contributed by atoms with Gasteiger partial charge in [-0.1, -0.05) is 24.3 Å². The molecule has 2 aromatic heterocycles. The SMILES string of the molecule is CCn1c(-c2ccc(CCN)cc2)nc2cnccc21. The Morgan fingerprint density at radius 3 is 2.65 bits per heavy atom. The minimum absolute atomic E-state index is 0.679. The highest BCUT2D eigenvalue weighted by Crippen LogP contribution is 2.24. The van der Waals surface area contributed by atoms with Crippen molar-refractivity contribution < 1.29 is 0 Å². The van der Waals surface area contributed by atoms with Crippen molar-refractivity contribution in [1.82, 2.24) is 14.5 Å². The summed E-state index contributed by atoms with van der Waals surface area (Å²) in [5.41, 5.74) is 10.0. The van der Waals surface area contributed by atoms with Crippen LogP contribution in [0.4, 0.5) is 0 Å². The molecule has 102 valence electrons. The lowest BCUT2D eigenvalue weighted by molar-refractivity contribution is 0.796. The van der Waals surface area contributed by atoms with E-state index in [1.165, 1.54) is 5.56 Å². The molecule has 2 heterocycles. The molecular weight excluding hydrogens is 248 g/mol. The molecule has 1 aromatic carbocycles. The van der Waals surface area contributed by atoms with E-state index in [4.69, 9.17) is 10.7 Å². The van der Waals surface area contributed by atoms with E-state index in [1.54, 1.807) is 0 Å². The Hall–Kier alpha value is -2.20. The van der Waals surface area contributed by atoms with Gasteiger partial charge in [0.15, 0.2) is 0 Å². The summed E-state index contributed by atoms with van der Waals surface area (Å²) in [7, 11) is 0. The van der Waals surface area contributed by atoms with Gasteiger partial charge in [-0.15, -0.1) is 0 Å². The molecular formula is C16H18N4. The van der Waals surface area contributed by atoms with Gasteiger partial charge in [0.25, 0.3) is 0 Å². The van der Waals surface area contributed by atoms with E-state index >= 15 is 0 Å². The molecule has 0 saturated heterocycles. The Labute approximate surface area is 118 Å². The molecule has 0 aliphatic heterocycles. The molecule has 3 rings (SSSR count). The summed E-state index contributed by atoms with van der Waals surface area (Å²) in [4.78, 5) is 8.85. The van der Waals surface area contributed by atoms with Crippen LogP contribution >= 0.6 is 0 Å². The molecule has 0 atom stereocenters. The zero-order chi connectivity index (χ0) is 13.9. The number of imidazole rings is 1. The number of hydrogen-bond donors (Lipinski definition) is 1. The first-order chi connectivity index (χ1) is 9.83. The summed E-state index contributed by atoms with van der Waals surface area (Å²) < 4.78 is 2.22. The highest BCUT2D eigenvalue weighted by Gasteiger charge is 2.11. The standard InChI is InChI=1S/C16H18N4/c1-2-20-15-8-10-18-11-14(15)19-16(20)13-5-3-12(4-6-13)7-9-17/h3-6,8,10-11H,2,7,9,17H2,1H3. The number of fused-ring (bicyclic) bond motifs is 1. The molecule has 3 aromatic rings. The molecule has 0 bridgehead atoms. The smallest absolute Gasteiger partial charge is 0.141 e. The second kappa shape index (κ2) is 5.43. The van der Waals surface area contributed by atoms with E-state index in [0.717, 1.165) is 35.4 Å². The van der Waals surface area contributed by atoms with E-state index in [2.05, 4.69) is 40.7 Å². The summed E-state index contributed by atoms with van der Waals surface area (Å²) >= 11 is 0. The first-order valence-electron chi connectivity index (χ1n) is 6.93. The van der Waals surface area contributed by atoms with Gasteiger partial charge in [-0.3, -0.25) is 4.98 Å². The maximum Gasteiger partial charge on any atom is 0.141 e. The van der Waals surface area contributed by atoms with Gasteiger partial charge in [0.05, 0.1) is 11.7 Å². The molecule has 20 heavy (non-hydrogen) atoms. The molecule has 0 amide bonds. The normalized spacial score (nSPS) is 11.1. The summed E-state index contributed by atoms with van der Waals surface area (Å²) in [5, 5.41) is 0. The molecule has 4 heteroatoms. The quantitative estimate of drug-likeness (QED) is 0.789. The van der Waals surface area contributed by atoms with E-state index in [1.807, 2.05) is 18.5 Å². The predicted molar refractivity (Wildman–Crippen MR) is 81.4 cm³/mol. The van der Waals surface area contributed by atoms with Crippen LogP contribution in [-0.4, -0.2) is 21.1 Å². The van der Waals surface area contributed by atoms with Crippen molar-refractivity contribution in [2.75, 3.05) is 6.54 Å². The Balaban J connectivity index is 2.09. The molecule has 0 fully saturated rings. The van der Waals surface area contributed by atoms with Crippen LogP contribution < -0.4 is 5.73 Å². The lowest BCUT2D eigenvalue weighted by Crippen LogP contribution is -2.02. The van der Waals surface area contributed by atoms with Crippen molar-refractivity contribution in [2.24, 2.45) is 5.73 Å². The summed E-state index contributed by atoms with van der Waals surface area (Å²) in [6, 6.07) is 10.5. The van der Waals surface area contributed by atoms with Gasteiger partial charge < -0.3 is 10.3 Å². The first kappa shape index (κ1) is 12.8. The van der Waals surface area contributed by atoms with Crippen LogP contribution in [0.3, 0.4) is 0 Å². The first-order valence-corrected chi connectivity index (χ1v) is 6.93. The summed E-state index contributed by atoms with van der Waals surface area (Å²) in [6.45, 7) is 3.70. The fourth-order valence-corrected chi connectivity index (χ4v) is 2.51. The Morgan fingerprint density at radius 2 is 1.95 bits per heavy atom. The fourth-order valence-electron chi connectivity index (χ4n) is 2.51. The second-order valence-electron chi connectivity index (χ2n) is 4.78. The van der Waals surface area contributed by atoms with Gasteiger partial charge in [0.2, 0.25) is 0 Å². The molecule has 0 radical (unpaired) electrons. The van der Waals surface area contributed by atoms with Crippen molar-refractivity contribution >= 4 is 11.0 Å². The molecule has 0 aliphatic carbocycles. The number of rotatable bonds is 4. The summed E-state index contributed by atoms with van der Waals surface area (Å²) in [5.74, 6) is 0.995. The van der Waals surface area contributed by atoms with Crippen LogP contribution in [0.15, 0.2) is 42.7 Å². The highest BCUT2D eigenvalue weighted by atomic mass is 15.1. The Morgan fingerprint density at radius 1 is 1.15 bits per heavy atom. The van der Waals surface area contributed by atoms with Gasteiger partial charge in [-0.05, 0) is 31.5 Å². The van der Waals surface area contributed by atoms with Crippen LogP contribution in [-0.2, 0) is 13.0 Å². The van der Waals surface area contributed by atoms with E-state index in [9.17, 15) is 0 Å². The number of hydrogen-bond acceptors (Lipinski definition) is 3. The Kier molecular flexibility index (Phi) is 3.48. The van der Waals surface area contributed by atoms with Crippen LogP contribution in [0.25, 0.3) is 22.4 Å². The van der Waals surface area contributed by atoms with E-state index in [-0.39, 0.29) is 0 Å². The molecule has 0 aliphatic rings. The average molecular weight is 266 g/mol. The van der Waals surface area contributed by atoms with Crippen LogP contribution in [0.1, 0.15) is 12.5 Å². The zero-order valence-electron chi connectivity index (χ0n) is 11.6. The van der Waals surface area contributed by atoms with Crippen LogP contribution in [0, 0.1) is 0 Å². The van der Waals surface area contributed by atoms with Crippen molar-refractivity contribution in [3.05, 3.63) is 48.3 Å². The van der Waals surface area contributed by atoms with Gasteiger partial charge in [-0.2, -0.15) is 0 Å². The number of benzene rings is 1.